The molecule has 0 saturated heterocycles. The van der Waals surface area contributed by atoms with Gasteiger partial charge in [0.15, 0.2) is 0 Å². The Bertz CT molecular complexity index is 926. The number of allylic oxidation sites excluding steroid dienone is 1. The highest BCUT2D eigenvalue weighted by Crippen LogP contribution is 2.69. The van der Waals surface area contributed by atoms with Gasteiger partial charge in [-0.2, -0.15) is 0 Å². The van der Waals surface area contributed by atoms with Crippen molar-refractivity contribution in [3.05, 3.63) is 23.8 Å². The Hall–Kier alpha value is -1.21. The van der Waals surface area contributed by atoms with E-state index in [4.69, 9.17) is 4.74 Å². The van der Waals surface area contributed by atoms with Crippen LogP contribution in [0, 0.1) is 34.5 Å². The van der Waals surface area contributed by atoms with E-state index in [0.29, 0.717) is 37.0 Å². The zero-order valence-electron chi connectivity index (χ0n) is 23.1. The minimum atomic E-state index is -1.67. The molecule has 36 heavy (non-hydrogen) atoms. The normalized spacial score (nSPS) is 46.9. The molecule has 0 aromatic carbocycles. The third-order valence-corrected chi connectivity index (χ3v) is 11.2. The van der Waals surface area contributed by atoms with E-state index in [1.165, 1.54) is 12.5 Å². The SMILES string of the molecule is C=C(CCC(C)C1CCC2C3=C[C@H](OC(C)=O)[C@@]4(O)C[C@@H](O)CC[C@]4(C)[C@@]3(O)[C@H](O)C[C@@]21C)C(C)C. The second-order valence-electron chi connectivity index (χ2n) is 13.4. The number of rotatable bonds is 6. The van der Waals surface area contributed by atoms with Crippen LogP contribution in [0.1, 0.15) is 92.9 Å². The predicted octanol–water partition coefficient (Wildman–Crippen LogP) is 4.30. The molecule has 4 aliphatic carbocycles. The number of carbonyl (C=O) groups excluding carboxylic acids is 1. The molecule has 3 fully saturated rings. The number of ether oxygens (including phenoxy) is 1. The Morgan fingerprint density at radius 3 is 2.42 bits per heavy atom. The summed E-state index contributed by atoms with van der Waals surface area (Å²) >= 11 is 0. The van der Waals surface area contributed by atoms with Gasteiger partial charge in [-0.3, -0.25) is 4.79 Å². The van der Waals surface area contributed by atoms with Crippen LogP contribution in [0.5, 0.6) is 0 Å². The molecule has 3 unspecified atom stereocenters. The van der Waals surface area contributed by atoms with E-state index in [9.17, 15) is 25.2 Å². The van der Waals surface area contributed by atoms with Gasteiger partial charge in [-0.05, 0) is 85.7 Å². The lowest BCUT2D eigenvalue weighted by Gasteiger charge is -2.67. The first-order valence-corrected chi connectivity index (χ1v) is 14.0. The number of aliphatic hydroxyl groups is 4. The van der Waals surface area contributed by atoms with Gasteiger partial charge in [-0.1, -0.05) is 46.8 Å². The predicted molar refractivity (Wildman–Crippen MR) is 139 cm³/mol. The molecule has 4 aliphatic rings. The minimum Gasteiger partial charge on any atom is -0.455 e. The van der Waals surface area contributed by atoms with Gasteiger partial charge in [-0.15, -0.1) is 0 Å². The first kappa shape index (κ1) is 27.8. The van der Waals surface area contributed by atoms with Crippen LogP contribution in [0.3, 0.4) is 0 Å². The summed E-state index contributed by atoms with van der Waals surface area (Å²) in [7, 11) is 0. The van der Waals surface area contributed by atoms with Crippen LogP contribution < -0.4 is 0 Å². The van der Waals surface area contributed by atoms with Crippen LogP contribution in [0.25, 0.3) is 0 Å². The van der Waals surface area contributed by atoms with Crippen LogP contribution in [-0.2, 0) is 9.53 Å². The smallest absolute Gasteiger partial charge is 0.303 e. The molecule has 0 aromatic heterocycles. The van der Waals surface area contributed by atoms with E-state index < -0.39 is 40.9 Å². The molecule has 0 aromatic rings. The van der Waals surface area contributed by atoms with Gasteiger partial charge < -0.3 is 25.2 Å². The third-order valence-electron chi connectivity index (χ3n) is 11.2. The largest absolute Gasteiger partial charge is 0.455 e. The van der Waals surface area contributed by atoms with Gasteiger partial charge in [0.2, 0.25) is 0 Å². The molecular formula is C30H48O6. The maximum atomic E-state index is 12.4. The second kappa shape index (κ2) is 9.21. The first-order valence-electron chi connectivity index (χ1n) is 14.0. The molecule has 0 spiro atoms. The van der Waals surface area contributed by atoms with Crippen molar-refractivity contribution in [3.63, 3.8) is 0 Å². The monoisotopic (exact) mass is 504 g/mol. The Labute approximate surface area is 216 Å². The van der Waals surface area contributed by atoms with Gasteiger partial charge in [-0.25, -0.2) is 0 Å². The van der Waals surface area contributed by atoms with E-state index in [-0.39, 0.29) is 17.8 Å². The second-order valence-corrected chi connectivity index (χ2v) is 13.4. The van der Waals surface area contributed by atoms with Gasteiger partial charge >= 0.3 is 5.97 Å². The maximum absolute atomic E-state index is 12.4. The van der Waals surface area contributed by atoms with Gasteiger partial charge in [0.1, 0.15) is 17.3 Å². The fraction of sp³-hybridized carbons (Fsp3) is 0.833. The van der Waals surface area contributed by atoms with Gasteiger partial charge in [0.25, 0.3) is 0 Å². The molecule has 0 heterocycles. The fourth-order valence-electron chi connectivity index (χ4n) is 8.78. The molecule has 4 rings (SSSR count). The number of fused-ring (bicyclic) bond motifs is 5. The minimum absolute atomic E-state index is 0.0123. The topological polar surface area (TPSA) is 107 Å². The van der Waals surface area contributed by atoms with Crippen LogP contribution in [0.2, 0.25) is 0 Å². The molecule has 0 aliphatic heterocycles. The quantitative estimate of drug-likeness (QED) is 0.317. The van der Waals surface area contributed by atoms with Crippen LogP contribution in [0.15, 0.2) is 23.8 Å². The standard InChI is InChI=1S/C30H48O6/c1-17(2)18(3)8-9-19(4)22-10-11-23-24-14-26(36-20(5)31)29(34)15-21(32)12-13-28(29,7)30(24,35)25(33)16-27(22,23)6/h14,17,19,21-23,25-26,32-35H,3,8-13,15-16H2,1-2,4-7H3/t19?,21-,22?,23?,25+,26-,27+,28-,29-,30-/m0/s1. The molecule has 4 N–H and O–H groups in total. The van der Waals surface area contributed by atoms with Crippen LogP contribution >= 0.6 is 0 Å². The Morgan fingerprint density at radius 2 is 1.81 bits per heavy atom. The van der Waals surface area contributed by atoms with Crippen molar-refractivity contribution in [1.82, 2.24) is 0 Å². The number of esters is 1. The average molecular weight is 505 g/mol. The summed E-state index contributed by atoms with van der Waals surface area (Å²) in [6.07, 6.45) is 4.06. The highest BCUT2D eigenvalue weighted by atomic mass is 16.6. The van der Waals surface area contributed by atoms with Crippen molar-refractivity contribution < 1.29 is 30.0 Å². The molecule has 6 nitrogen and oxygen atoms in total. The molecule has 3 saturated carbocycles. The van der Waals surface area contributed by atoms with Gasteiger partial charge in [0.05, 0.1) is 12.2 Å². The Balaban J connectivity index is 1.74. The first-order chi connectivity index (χ1) is 16.6. The molecule has 0 amide bonds. The van der Waals surface area contributed by atoms with Crippen molar-refractivity contribution in [3.8, 4) is 0 Å². The molecule has 204 valence electrons. The van der Waals surface area contributed by atoms with E-state index in [0.717, 1.165) is 31.3 Å². The average Bonchev–Trinajstić information content (AvgIpc) is 3.12. The lowest BCUT2D eigenvalue weighted by atomic mass is 9.42. The van der Waals surface area contributed by atoms with E-state index in [2.05, 4.69) is 34.3 Å². The Morgan fingerprint density at radius 1 is 1.14 bits per heavy atom. The molecule has 0 radical (unpaired) electrons. The van der Waals surface area contributed by atoms with Crippen molar-refractivity contribution in [2.24, 2.45) is 34.5 Å². The zero-order chi connectivity index (χ0) is 26.8. The van der Waals surface area contributed by atoms with Crippen molar-refractivity contribution >= 4 is 5.97 Å². The number of hydrogen-bond donors (Lipinski definition) is 4. The zero-order valence-corrected chi connectivity index (χ0v) is 23.1. The number of aliphatic hydroxyl groups excluding tert-OH is 2. The number of carbonyl (C=O) groups is 1. The van der Waals surface area contributed by atoms with Crippen molar-refractivity contribution in [2.45, 2.75) is 122 Å². The van der Waals surface area contributed by atoms with Crippen LogP contribution in [-0.4, -0.2) is 55.9 Å². The summed E-state index contributed by atoms with van der Waals surface area (Å²) in [4.78, 5) is 12.1. The summed E-state index contributed by atoms with van der Waals surface area (Å²) < 4.78 is 5.67. The maximum Gasteiger partial charge on any atom is 0.303 e. The fourth-order valence-corrected chi connectivity index (χ4v) is 8.78. The highest BCUT2D eigenvalue weighted by Gasteiger charge is 2.74. The van der Waals surface area contributed by atoms with Crippen molar-refractivity contribution in [2.75, 3.05) is 0 Å². The van der Waals surface area contributed by atoms with E-state index in [1.54, 1.807) is 13.0 Å². The summed E-state index contributed by atoms with van der Waals surface area (Å²) in [5, 5.41) is 46.6. The van der Waals surface area contributed by atoms with Gasteiger partial charge in [0, 0.05) is 18.8 Å². The van der Waals surface area contributed by atoms with Crippen molar-refractivity contribution in [1.29, 1.82) is 0 Å². The summed E-state index contributed by atoms with van der Waals surface area (Å²) in [6.45, 7) is 16.3. The lowest BCUT2D eigenvalue weighted by molar-refractivity contribution is -0.284. The van der Waals surface area contributed by atoms with E-state index in [1.807, 2.05) is 0 Å². The van der Waals surface area contributed by atoms with Crippen LogP contribution in [0.4, 0.5) is 0 Å². The molecule has 10 atom stereocenters. The summed E-state index contributed by atoms with van der Waals surface area (Å²) in [5.41, 5.74) is -2.71. The van der Waals surface area contributed by atoms with E-state index >= 15 is 0 Å². The summed E-state index contributed by atoms with van der Waals surface area (Å²) in [6, 6.07) is 0. The Kier molecular flexibility index (Phi) is 7.12. The third kappa shape index (κ3) is 3.85. The highest BCUT2D eigenvalue weighted by molar-refractivity contribution is 5.67. The molecule has 6 heteroatoms. The number of hydrogen-bond acceptors (Lipinski definition) is 6. The lowest BCUT2D eigenvalue weighted by Crippen LogP contribution is -2.76. The summed E-state index contributed by atoms with van der Waals surface area (Å²) in [5.74, 6) is 0.810. The molecular weight excluding hydrogens is 456 g/mol. The molecule has 0 bridgehead atoms.